The molecule has 0 spiro atoms. The third kappa shape index (κ3) is 1.36. The third-order valence-electron chi connectivity index (χ3n) is 4.65. The minimum absolute atomic E-state index is 0.255. The Morgan fingerprint density at radius 3 is 2.80 bits per heavy atom. The summed E-state index contributed by atoms with van der Waals surface area (Å²) in [5, 5.41) is 0. The van der Waals surface area contributed by atoms with Gasteiger partial charge in [0, 0.05) is 37.7 Å². The average Bonchev–Trinajstić information content (AvgIpc) is 3.05. The van der Waals surface area contributed by atoms with Gasteiger partial charge >= 0.3 is 0 Å². The van der Waals surface area contributed by atoms with Crippen molar-refractivity contribution in [3.63, 3.8) is 0 Å². The van der Waals surface area contributed by atoms with E-state index in [4.69, 9.17) is 0 Å². The molecule has 0 saturated carbocycles. The highest BCUT2D eigenvalue weighted by Gasteiger charge is 2.50. The smallest absolute Gasteiger partial charge is 0.224 e. The Balaban J connectivity index is 1.96. The van der Waals surface area contributed by atoms with Crippen LogP contribution in [0, 0.1) is 6.92 Å². The van der Waals surface area contributed by atoms with Gasteiger partial charge in [0.05, 0.1) is 6.33 Å². The topological polar surface area (TPSA) is 38.1 Å². The molecule has 3 heterocycles. The molecule has 1 fully saturated rings. The summed E-state index contributed by atoms with van der Waals surface area (Å²) in [7, 11) is 0. The van der Waals surface area contributed by atoms with Crippen LogP contribution in [0.2, 0.25) is 0 Å². The summed E-state index contributed by atoms with van der Waals surface area (Å²) < 4.78 is 2.20. The minimum atomic E-state index is -0.352. The van der Waals surface area contributed by atoms with Crippen LogP contribution in [0.5, 0.6) is 0 Å². The van der Waals surface area contributed by atoms with Crippen molar-refractivity contribution >= 4 is 5.91 Å². The van der Waals surface area contributed by atoms with Crippen molar-refractivity contribution in [2.45, 2.75) is 31.8 Å². The standard InChI is InChI=1S/C16H17N3O/c1-12-2-4-13(5-3-12)16-8-6-15(20)18(16)9-7-14-10-17-11-19(14)16/h2-5,10-11H,6-9H2,1H3. The van der Waals surface area contributed by atoms with E-state index in [0.29, 0.717) is 6.42 Å². The van der Waals surface area contributed by atoms with Gasteiger partial charge in [-0.2, -0.15) is 0 Å². The van der Waals surface area contributed by atoms with Crippen LogP contribution in [0.15, 0.2) is 36.8 Å². The number of fused-ring (bicyclic) bond motifs is 3. The lowest BCUT2D eigenvalue weighted by Gasteiger charge is -2.44. The van der Waals surface area contributed by atoms with Gasteiger partial charge < -0.3 is 9.47 Å². The molecular formula is C16H17N3O. The van der Waals surface area contributed by atoms with E-state index >= 15 is 0 Å². The van der Waals surface area contributed by atoms with E-state index in [2.05, 4.69) is 40.7 Å². The summed E-state index contributed by atoms with van der Waals surface area (Å²) in [6.45, 7) is 2.88. The van der Waals surface area contributed by atoms with E-state index < -0.39 is 0 Å². The van der Waals surface area contributed by atoms with Crippen molar-refractivity contribution in [2.75, 3.05) is 6.54 Å². The predicted octanol–water partition coefficient (Wildman–Crippen LogP) is 2.07. The molecule has 20 heavy (non-hydrogen) atoms. The second-order valence-electron chi connectivity index (χ2n) is 5.73. The van der Waals surface area contributed by atoms with Crippen molar-refractivity contribution in [2.24, 2.45) is 0 Å². The van der Waals surface area contributed by atoms with Crippen LogP contribution in [0.25, 0.3) is 0 Å². The molecule has 1 saturated heterocycles. The number of carbonyl (C=O) groups is 1. The van der Waals surface area contributed by atoms with Crippen LogP contribution in [0.1, 0.15) is 29.7 Å². The molecule has 4 rings (SSSR count). The fourth-order valence-electron chi connectivity index (χ4n) is 3.64. The molecule has 1 aromatic heterocycles. The number of imidazole rings is 1. The third-order valence-corrected chi connectivity index (χ3v) is 4.65. The first kappa shape index (κ1) is 11.7. The quantitative estimate of drug-likeness (QED) is 0.793. The molecule has 2 aliphatic rings. The maximum absolute atomic E-state index is 12.3. The number of aryl methyl sites for hydroxylation is 1. The SMILES string of the molecule is Cc1ccc(C23CCC(=O)N2CCc2cncn23)cc1. The Labute approximate surface area is 118 Å². The van der Waals surface area contributed by atoms with Crippen LogP contribution < -0.4 is 0 Å². The molecule has 1 unspecified atom stereocenters. The average molecular weight is 267 g/mol. The first-order valence-electron chi connectivity index (χ1n) is 7.11. The number of hydrogen-bond acceptors (Lipinski definition) is 2. The summed E-state index contributed by atoms with van der Waals surface area (Å²) in [6, 6.07) is 8.54. The Morgan fingerprint density at radius 1 is 1.20 bits per heavy atom. The highest BCUT2D eigenvalue weighted by molar-refractivity contribution is 5.80. The summed E-state index contributed by atoms with van der Waals surface area (Å²) in [5.74, 6) is 0.255. The summed E-state index contributed by atoms with van der Waals surface area (Å²) >= 11 is 0. The number of amides is 1. The Bertz CT molecular complexity index is 673. The van der Waals surface area contributed by atoms with Crippen LogP contribution in [-0.4, -0.2) is 26.9 Å². The summed E-state index contributed by atoms with van der Waals surface area (Å²) in [5.41, 5.74) is 3.29. The van der Waals surface area contributed by atoms with Crippen LogP contribution in [0.4, 0.5) is 0 Å². The monoisotopic (exact) mass is 267 g/mol. The van der Waals surface area contributed by atoms with Gasteiger partial charge in [0.1, 0.15) is 5.66 Å². The predicted molar refractivity (Wildman–Crippen MR) is 75.1 cm³/mol. The lowest BCUT2D eigenvalue weighted by atomic mass is 9.93. The van der Waals surface area contributed by atoms with Crippen molar-refractivity contribution < 1.29 is 4.79 Å². The minimum Gasteiger partial charge on any atom is -0.315 e. The highest BCUT2D eigenvalue weighted by Crippen LogP contribution is 2.43. The van der Waals surface area contributed by atoms with Gasteiger partial charge in [-0.05, 0) is 12.5 Å². The molecule has 0 radical (unpaired) electrons. The fraction of sp³-hybridized carbons (Fsp3) is 0.375. The highest BCUT2D eigenvalue weighted by atomic mass is 16.2. The molecule has 1 aromatic carbocycles. The van der Waals surface area contributed by atoms with Crippen molar-refractivity contribution in [3.8, 4) is 0 Å². The number of hydrogen-bond donors (Lipinski definition) is 0. The maximum atomic E-state index is 12.3. The second kappa shape index (κ2) is 3.95. The second-order valence-corrected chi connectivity index (χ2v) is 5.73. The number of aromatic nitrogens is 2. The molecular weight excluding hydrogens is 250 g/mol. The van der Waals surface area contributed by atoms with E-state index in [1.54, 1.807) is 0 Å². The van der Waals surface area contributed by atoms with Crippen molar-refractivity contribution in [1.29, 1.82) is 0 Å². The summed E-state index contributed by atoms with van der Waals surface area (Å²) in [4.78, 5) is 18.6. The maximum Gasteiger partial charge on any atom is 0.224 e. The zero-order valence-electron chi connectivity index (χ0n) is 11.5. The van der Waals surface area contributed by atoms with Gasteiger partial charge in [0.2, 0.25) is 5.91 Å². The molecule has 4 heteroatoms. The summed E-state index contributed by atoms with van der Waals surface area (Å²) in [6.07, 6.45) is 6.14. The van der Waals surface area contributed by atoms with Gasteiger partial charge in [0.15, 0.2) is 0 Å². The number of carbonyl (C=O) groups excluding carboxylic acids is 1. The van der Waals surface area contributed by atoms with E-state index in [-0.39, 0.29) is 11.6 Å². The van der Waals surface area contributed by atoms with Crippen LogP contribution in [-0.2, 0) is 16.9 Å². The normalized spacial score (nSPS) is 24.6. The van der Waals surface area contributed by atoms with Crippen LogP contribution in [0.3, 0.4) is 0 Å². The Hall–Kier alpha value is -2.10. The lowest BCUT2D eigenvalue weighted by molar-refractivity contribution is -0.133. The molecule has 102 valence electrons. The number of nitrogens with zero attached hydrogens (tertiary/aromatic N) is 3. The fourth-order valence-corrected chi connectivity index (χ4v) is 3.64. The van der Waals surface area contributed by atoms with Gasteiger partial charge in [0.25, 0.3) is 0 Å². The molecule has 2 aromatic rings. The zero-order chi connectivity index (χ0) is 13.7. The Morgan fingerprint density at radius 2 is 2.00 bits per heavy atom. The van der Waals surface area contributed by atoms with E-state index in [1.165, 1.54) is 16.8 Å². The molecule has 0 aliphatic carbocycles. The molecule has 4 nitrogen and oxygen atoms in total. The molecule has 1 amide bonds. The largest absolute Gasteiger partial charge is 0.315 e. The van der Waals surface area contributed by atoms with Gasteiger partial charge in [-0.15, -0.1) is 0 Å². The molecule has 0 bridgehead atoms. The van der Waals surface area contributed by atoms with Crippen molar-refractivity contribution in [1.82, 2.24) is 14.5 Å². The van der Waals surface area contributed by atoms with Gasteiger partial charge in [-0.1, -0.05) is 29.8 Å². The van der Waals surface area contributed by atoms with E-state index in [1.807, 2.05) is 17.4 Å². The number of rotatable bonds is 1. The van der Waals surface area contributed by atoms with Crippen molar-refractivity contribution in [3.05, 3.63) is 53.6 Å². The van der Waals surface area contributed by atoms with E-state index in [0.717, 1.165) is 19.4 Å². The first-order chi connectivity index (χ1) is 9.72. The first-order valence-corrected chi connectivity index (χ1v) is 7.11. The molecule has 1 atom stereocenters. The molecule has 0 N–H and O–H groups in total. The lowest BCUT2D eigenvalue weighted by Crippen LogP contribution is -2.53. The van der Waals surface area contributed by atoms with Gasteiger partial charge in [-0.3, -0.25) is 4.79 Å². The zero-order valence-corrected chi connectivity index (χ0v) is 11.5. The number of benzene rings is 1. The van der Waals surface area contributed by atoms with Gasteiger partial charge in [-0.25, -0.2) is 4.98 Å². The van der Waals surface area contributed by atoms with E-state index in [9.17, 15) is 4.79 Å². The van der Waals surface area contributed by atoms with Crippen LogP contribution >= 0.6 is 0 Å². The molecule has 2 aliphatic heterocycles. The Kier molecular flexibility index (Phi) is 2.31.